The normalized spacial score (nSPS) is 12.0. The first-order valence-corrected chi connectivity index (χ1v) is 9.23. The van der Waals surface area contributed by atoms with E-state index in [2.05, 4.69) is 17.6 Å². The van der Waals surface area contributed by atoms with Crippen molar-refractivity contribution in [3.63, 3.8) is 0 Å². The molecule has 5 nitrogen and oxygen atoms in total. The molecule has 0 unspecified atom stereocenters. The van der Waals surface area contributed by atoms with E-state index >= 15 is 0 Å². The van der Waals surface area contributed by atoms with E-state index in [9.17, 15) is 14.7 Å². The van der Waals surface area contributed by atoms with Gasteiger partial charge in [-0.25, -0.2) is 10.6 Å². The molecule has 0 fully saturated rings. The molecule has 0 radical (unpaired) electrons. The highest BCUT2D eigenvalue weighted by atomic mass is 16.4. The molecule has 0 aliphatic heterocycles. The number of rotatable bonds is 2. The van der Waals surface area contributed by atoms with Crippen LogP contribution in [0.5, 0.6) is 0 Å². The maximum Gasteiger partial charge on any atom is 0.337 e. The largest absolute Gasteiger partial charge is 0.478 e. The first-order chi connectivity index (χ1) is 14.1. The van der Waals surface area contributed by atoms with Gasteiger partial charge in [-0.2, -0.15) is 0 Å². The maximum atomic E-state index is 12.7. The molecule has 6 aromatic carbocycles. The van der Waals surface area contributed by atoms with E-state index in [1.54, 1.807) is 6.07 Å². The van der Waals surface area contributed by atoms with Crippen molar-refractivity contribution in [3.8, 4) is 0 Å². The molecule has 6 aromatic rings. The molecular weight excluding hydrogens is 364 g/mol. The summed E-state index contributed by atoms with van der Waals surface area (Å²) in [5.74, 6) is 3.67. The van der Waals surface area contributed by atoms with Gasteiger partial charge in [0.15, 0.2) is 0 Å². The number of hydrogen-bond acceptors (Lipinski definition) is 3. The average Bonchev–Trinajstić information content (AvgIpc) is 2.75. The number of nitrogen functional groups attached to an aromatic ring is 1. The Morgan fingerprint density at radius 2 is 1.17 bits per heavy atom. The summed E-state index contributed by atoms with van der Waals surface area (Å²) >= 11 is 0. The molecule has 0 bridgehead atoms. The Kier molecular flexibility index (Phi) is 2.93. The minimum Gasteiger partial charge on any atom is -0.478 e. The Labute approximate surface area is 164 Å². The Morgan fingerprint density at radius 1 is 0.655 bits per heavy atom. The number of carboxylic acids is 1. The first kappa shape index (κ1) is 16.0. The molecule has 0 atom stereocenters. The molecule has 4 N–H and O–H groups in total. The molecule has 0 aliphatic carbocycles. The van der Waals surface area contributed by atoms with Gasteiger partial charge in [-0.15, -0.1) is 0 Å². The van der Waals surface area contributed by atoms with E-state index in [1.165, 1.54) is 0 Å². The first-order valence-electron chi connectivity index (χ1n) is 9.23. The van der Waals surface area contributed by atoms with Crippen molar-refractivity contribution in [2.24, 2.45) is 5.84 Å². The molecule has 6 rings (SSSR count). The molecule has 0 spiro atoms. The predicted octanol–water partition coefficient (Wildman–Crippen LogP) is 4.63. The van der Waals surface area contributed by atoms with E-state index in [0.717, 1.165) is 43.1 Å². The molecular formula is C24H14N2O3. The van der Waals surface area contributed by atoms with Gasteiger partial charge in [-0.3, -0.25) is 10.2 Å². The van der Waals surface area contributed by atoms with Crippen LogP contribution in [0.2, 0.25) is 0 Å². The van der Waals surface area contributed by atoms with Crippen molar-refractivity contribution in [1.82, 2.24) is 5.43 Å². The zero-order valence-electron chi connectivity index (χ0n) is 15.1. The topological polar surface area (TPSA) is 92.4 Å². The Morgan fingerprint density at radius 3 is 1.66 bits per heavy atom. The van der Waals surface area contributed by atoms with Gasteiger partial charge < -0.3 is 5.11 Å². The quantitative estimate of drug-likeness (QED) is 0.135. The van der Waals surface area contributed by atoms with Crippen molar-refractivity contribution >= 4 is 65.7 Å². The number of carbonyl (C=O) groups is 2. The molecule has 138 valence electrons. The minimum atomic E-state index is -1.15. The highest BCUT2D eigenvalue weighted by Gasteiger charge is 2.27. The van der Waals surface area contributed by atoms with Gasteiger partial charge >= 0.3 is 5.97 Å². The summed E-state index contributed by atoms with van der Waals surface area (Å²) in [4.78, 5) is 25.0. The molecule has 1 amide bonds. The van der Waals surface area contributed by atoms with Gasteiger partial charge in [0.2, 0.25) is 0 Å². The standard InChI is InChI=1S/C24H14N2O3/c25-26-23(27)21-15-9-7-11-3-1-5-13-14-6-2-4-12-8-10-16(22(21)24(28)29)20(18(12)14)19(15)17(11)13/h1-10H,25H2,(H,26,27)(H,28,29). The fraction of sp³-hybridized carbons (Fsp3) is 0. The van der Waals surface area contributed by atoms with Gasteiger partial charge in [0.05, 0.1) is 11.1 Å². The van der Waals surface area contributed by atoms with E-state index < -0.39 is 11.9 Å². The number of aromatic carboxylic acids is 1. The summed E-state index contributed by atoms with van der Waals surface area (Å²) in [6.07, 6.45) is 0. The Balaban J connectivity index is 2.10. The predicted molar refractivity (Wildman–Crippen MR) is 115 cm³/mol. The summed E-state index contributed by atoms with van der Waals surface area (Å²) in [6.45, 7) is 0. The van der Waals surface area contributed by atoms with Crippen LogP contribution < -0.4 is 11.3 Å². The third kappa shape index (κ3) is 1.82. The summed E-state index contributed by atoms with van der Waals surface area (Å²) in [5.41, 5.74) is 2.20. The highest BCUT2D eigenvalue weighted by molar-refractivity contribution is 6.43. The van der Waals surface area contributed by atoms with Crippen molar-refractivity contribution in [3.05, 3.63) is 71.8 Å². The van der Waals surface area contributed by atoms with Gasteiger partial charge in [0.25, 0.3) is 5.91 Å². The smallest absolute Gasteiger partial charge is 0.337 e. The number of nitrogens with two attached hydrogens (primary N) is 1. The summed E-state index contributed by atoms with van der Waals surface area (Å²) in [6, 6.07) is 19.7. The zero-order valence-corrected chi connectivity index (χ0v) is 15.1. The second-order valence-corrected chi connectivity index (χ2v) is 7.31. The summed E-state index contributed by atoms with van der Waals surface area (Å²) in [7, 11) is 0. The van der Waals surface area contributed by atoms with Crippen LogP contribution in [-0.4, -0.2) is 17.0 Å². The highest BCUT2D eigenvalue weighted by Crippen LogP contribution is 2.47. The average molecular weight is 378 g/mol. The number of hydrogen-bond donors (Lipinski definition) is 3. The molecule has 0 aromatic heterocycles. The molecule has 0 saturated carbocycles. The Bertz CT molecular complexity index is 1630. The maximum absolute atomic E-state index is 12.7. The van der Waals surface area contributed by atoms with Crippen LogP contribution >= 0.6 is 0 Å². The van der Waals surface area contributed by atoms with Crippen LogP contribution in [0, 0.1) is 0 Å². The van der Waals surface area contributed by atoms with E-state index in [1.807, 2.05) is 42.5 Å². The van der Waals surface area contributed by atoms with E-state index in [4.69, 9.17) is 5.84 Å². The van der Waals surface area contributed by atoms with Crippen LogP contribution in [-0.2, 0) is 0 Å². The molecule has 0 saturated heterocycles. The minimum absolute atomic E-state index is 0.0223. The number of fused-ring (bicyclic) bond motifs is 1. The second kappa shape index (κ2) is 5.31. The molecule has 0 heterocycles. The lowest BCUT2D eigenvalue weighted by Crippen LogP contribution is -2.31. The van der Waals surface area contributed by atoms with Gasteiger partial charge in [0.1, 0.15) is 0 Å². The fourth-order valence-corrected chi connectivity index (χ4v) is 4.94. The number of benzene rings is 6. The third-order valence-electron chi connectivity index (χ3n) is 5.99. The monoisotopic (exact) mass is 378 g/mol. The van der Waals surface area contributed by atoms with Gasteiger partial charge in [-0.1, -0.05) is 60.7 Å². The second-order valence-electron chi connectivity index (χ2n) is 7.31. The van der Waals surface area contributed by atoms with Crippen molar-refractivity contribution < 1.29 is 14.7 Å². The van der Waals surface area contributed by atoms with Crippen molar-refractivity contribution in [2.45, 2.75) is 0 Å². The molecule has 0 aliphatic rings. The van der Waals surface area contributed by atoms with E-state index in [0.29, 0.717) is 10.8 Å². The van der Waals surface area contributed by atoms with Crippen molar-refractivity contribution in [2.75, 3.05) is 0 Å². The SMILES string of the molecule is NNC(=O)c1c(C(=O)O)c2ccc3cccc4c5cccc6ccc1c(c65)c2c34. The van der Waals surface area contributed by atoms with Gasteiger partial charge in [0, 0.05) is 0 Å². The number of hydrazine groups is 1. The number of nitrogens with one attached hydrogen (secondary N) is 1. The lowest BCUT2D eigenvalue weighted by molar-refractivity contribution is 0.0693. The zero-order chi connectivity index (χ0) is 19.9. The van der Waals surface area contributed by atoms with Crippen molar-refractivity contribution in [1.29, 1.82) is 0 Å². The van der Waals surface area contributed by atoms with Crippen LogP contribution in [0.3, 0.4) is 0 Å². The van der Waals surface area contributed by atoms with E-state index in [-0.39, 0.29) is 11.1 Å². The number of carbonyl (C=O) groups excluding carboxylic acids is 1. The number of carboxylic acid groups (broad SMARTS) is 1. The van der Waals surface area contributed by atoms with Crippen LogP contribution in [0.4, 0.5) is 0 Å². The summed E-state index contributed by atoms with van der Waals surface area (Å²) < 4.78 is 0. The number of amides is 1. The van der Waals surface area contributed by atoms with Gasteiger partial charge in [-0.05, 0) is 53.9 Å². The van der Waals surface area contributed by atoms with Crippen LogP contribution in [0.15, 0.2) is 60.7 Å². The fourth-order valence-electron chi connectivity index (χ4n) is 4.94. The lowest BCUT2D eigenvalue weighted by Gasteiger charge is -2.21. The molecule has 5 heteroatoms. The Hall–Kier alpha value is -3.96. The summed E-state index contributed by atoms with van der Waals surface area (Å²) in [5, 5.41) is 19.3. The molecule has 29 heavy (non-hydrogen) atoms. The van der Waals surface area contributed by atoms with Crippen LogP contribution in [0.1, 0.15) is 20.7 Å². The van der Waals surface area contributed by atoms with Crippen LogP contribution in [0.25, 0.3) is 53.9 Å². The third-order valence-corrected chi connectivity index (χ3v) is 5.99. The lowest BCUT2D eigenvalue weighted by atomic mass is 9.82.